The summed E-state index contributed by atoms with van der Waals surface area (Å²) in [6.45, 7) is 5.92. The lowest BCUT2D eigenvalue weighted by Crippen LogP contribution is -2.41. The van der Waals surface area contributed by atoms with E-state index in [9.17, 15) is 4.79 Å². The van der Waals surface area contributed by atoms with Crippen molar-refractivity contribution in [2.24, 2.45) is 5.92 Å². The lowest BCUT2D eigenvalue weighted by Gasteiger charge is -2.31. The molecule has 1 aliphatic carbocycles. The molecule has 0 saturated heterocycles. The van der Waals surface area contributed by atoms with Crippen LogP contribution in [0.2, 0.25) is 0 Å². The molecule has 0 bridgehead atoms. The average molecular weight is 338 g/mol. The third-order valence-corrected chi connectivity index (χ3v) is 5.56. The van der Waals surface area contributed by atoms with Crippen LogP contribution in [0.25, 0.3) is 0 Å². The van der Waals surface area contributed by atoms with Crippen LogP contribution in [0.3, 0.4) is 0 Å². The van der Waals surface area contributed by atoms with Crippen molar-refractivity contribution in [1.29, 1.82) is 0 Å². The molecule has 1 aromatic heterocycles. The number of hydrogen-bond acceptors (Lipinski definition) is 1. The molecule has 2 aromatic rings. The molecule has 1 aromatic carbocycles. The van der Waals surface area contributed by atoms with Crippen molar-refractivity contribution in [3.8, 4) is 0 Å². The van der Waals surface area contributed by atoms with E-state index in [1.54, 1.807) is 0 Å². The van der Waals surface area contributed by atoms with Gasteiger partial charge in [0, 0.05) is 30.4 Å². The number of benzene rings is 1. The number of nitrogens with zero attached hydrogens (tertiary/aromatic N) is 2. The molecule has 3 rings (SSSR count). The molecule has 1 amide bonds. The highest BCUT2D eigenvalue weighted by Gasteiger charge is 2.29. The predicted octanol–water partition coefficient (Wildman–Crippen LogP) is 4.85. The molecular weight excluding hydrogens is 308 g/mol. The van der Waals surface area contributed by atoms with Crippen LogP contribution in [0.15, 0.2) is 48.7 Å². The first-order chi connectivity index (χ1) is 12.2. The SMILES string of the molecule is CC[C@@H](C)N(Cc1cccn1Cc1ccccc1)C(=O)C1CCCC1. The van der Waals surface area contributed by atoms with Gasteiger partial charge in [-0.1, -0.05) is 50.1 Å². The maximum atomic E-state index is 13.1. The van der Waals surface area contributed by atoms with Crippen LogP contribution in [-0.4, -0.2) is 21.4 Å². The Morgan fingerprint density at radius 1 is 1.16 bits per heavy atom. The van der Waals surface area contributed by atoms with E-state index in [0.717, 1.165) is 25.8 Å². The highest BCUT2D eigenvalue weighted by Crippen LogP contribution is 2.28. The Bertz CT molecular complexity index is 670. The summed E-state index contributed by atoms with van der Waals surface area (Å²) in [6, 6.07) is 15.0. The summed E-state index contributed by atoms with van der Waals surface area (Å²) in [7, 11) is 0. The topological polar surface area (TPSA) is 25.2 Å². The van der Waals surface area contributed by atoms with Crippen molar-refractivity contribution < 1.29 is 4.79 Å². The van der Waals surface area contributed by atoms with Crippen LogP contribution in [-0.2, 0) is 17.9 Å². The predicted molar refractivity (Wildman–Crippen MR) is 102 cm³/mol. The Morgan fingerprint density at radius 2 is 1.88 bits per heavy atom. The van der Waals surface area contributed by atoms with Crippen LogP contribution < -0.4 is 0 Å². The zero-order valence-corrected chi connectivity index (χ0v) is 15.5. The van der Waals surface area contributed by atoms with Crippen LogP contribution in [0, 0.1) is 5.92 Å². The van der Waals surface area contributed by atoms with E-state index in [0.29, 0.717) is 12.5 Å². The van der Waals surface area contributed by atoms with Gasteiger partial charge in [-0.15, -0.1) is 0 Å². The maximum Gasteiger partial charge on any atom is 0.226 e. The summed E-state index contributed by atoms with van der Waals surface area (Å²) < 4.78 is 2.27. The Labute approximate surface area is 151 Å². The standard InChI is InChI=1S/C22H30N2O/c1-3-18(2)24(22(25)20-12-7-8-13-20)17-21-14-9-15-23(21)16-19-10-5-4-6-11-19/h4-6,9-11,14-15,18,20H,3,7-8,12-13,16-17H2,1-2H3/t18-/m1/s1. The molecule has 0 aliphatic heterocycles. The van der Waals surface area contributed by atoms with Gasteiger partial charge in [0.1, 0.15) is 0 Å². The summed E-state index contributed by atoms with van der Waals surface area (Å²) in [5.74, 6) is 0.603. The van der Waals surface area contributed by atoms with E-state index in [4.69, 9.17) is 0 Å². The van der Waals surface area contributed by atoms with E-state index in [1.807, 2.05) is 6.07 Å². The Kier molecular flexibility index (Phi) is 5.95. The van der Waals surface area contributed by atoms with E-state index in [2.05, 4.69) is 65.9 Å². The molecule has 1 heterocycles. The summed E-state index contributed by atoms with van der Waals surface area (Å²) in [6.07, 6.45) is 7.66. The largest absolute Gasteiger partial charge is 0.345 e. The first-order valence-corrected chi connectivity index (χ1v) is 9.67. The van der Waals surface area contributed by atoms with E-state index in [1.165, 1.54) is 24.1 Å². The van der Waals surface area contributed by atoms with Gasteiger partial charge in [-0.05, 0) is 43.9 Å². The molecule has 1 aliphatic rings. The van der Waals surface area contributed by atoms with E-state index in [-0.39, 0.29) is 12.0 Å². The van der Waals surface area contributed by atoms with Crippen LogP contribution in [0.4, 0.5) is 0 Å². The number of carbonyl (C=O) groups excluding carboxylic acids is 1. The van der Waals surface area contributed by atoms with Gasteiger partial charge < -0.3 is 9.47 Å². The smallest absolute Gasteiger partial charge is 0.226 e. The van der Waals surface area contributed by atoms with Gasteiger partial charge in [0.25, 0.3) is 0 Å². The summed E-state index contributed by atoms with van der Waals surface area (Å²) in [5.41, 5.74) is 2.51. The second-order valence-electron chi connectivity index (χ2n) is 7.32. The number of rotatable bonds is 7. The van der Waals surface area contributed by atoms with Crippen LogP contribution in [0.5, 0.6) is 0 Å². The fraction of sp³-hybridized carbons (Fsp3) is 0.500. The maximum absolute atomic E-state index is 13.1. The molecule has 25 heavy (non-hydrogen) atoms. The molecular formula is C22H30N2O. The van der Waals surface area contributed by atoms with Crippen molar-refractivity contribution in [3.63, 3.8) is 0 Å². The quantitative estimate of drug-likeness (QED) is 0.708. The van der Waals surface area contributed by atoms with Crippen molar-refractivity contribution >= 4 is 5.91 Å². The van der Waals surface area contributed by atoms with E-state index >= 15 is 0 Å². The van der Waals surface area contributed by atoms with Crippen molar-refractivity contribution in [2.45, 2.75) is 65.1 Å². The molecule has 1 saturated carbocycles. The summed E-state index contributed by atoms with van der Waals surface area (Å²) >= 11 is 0. The second-order valence-corrected chi connectivity index (χ2v) is 7.32. The highest BCUT2D eigenvalue weighted by molar-refractivity contribution is 5.79. The number of carbonyl (C=O) groups is 1. The van der Waals surface area contributed by atoms with Gasteiger partial charge in [0.15, 0.2) is 0 Å². The lowest BCUT2D eigenvalue weighted by atomic mass is 10.0. The van der Waals surface area contributed by atoms with Crippen LogP contribution in [0.1, 0.15) is 57.2 Å². The first-order valence-electron chi connectivity index (χ1n) is 9.67. The van der Waals surface area contributed by atoms with Gasteiger partial charge in [-0.25, -0.2) is 0 Å². The molecule has 0 spiro atoms. The van der Waals surface area contributed by atoms with Gasteiger partial charge >= 0.3 is 0 Å². The molecule has 0 radical (unpaired) electrons. The van der Waals surface area contributed by atoms with Crippen molar-refractivity contribution in [3.05, 3.63) is 59.9 Å². The second kappa shape index (κ2) is 8.37. The van der Waals surface area contributed by atoms with Crippen molar-refractivity contribution in [1.82, 2.24) is 9.47 Å². The minimum atomic E-state index is 0.242. The Hall–Kier alpha value is -2.03. The molecule has 1 fully saturated rings. The van der Waals surface area contributed by atoms with E-state index < -0.39 is 0 Å². The average Bonchev–Trinajstić information content (AvgIpc) is 3.31. The Balaban J connectivity index is 1.75. The minimum absolute atomic E-state index is 0.242. The molecule has 0 N–H and O–H groups in total. The highest BCUT2D eigenvalue weighted by atomic mass is 16.2. The van der Waals surface area contributed by atoms with Gasteiger partial charge in [0.2, 0.25) is 5.91 Å². The normalized spacial score (nSPS) is 16.1. The number of hydrogen-bond donors (Lipinski definition) is 0. The van der Waals surface area contributed by atoms with Crippen LogP contribution >= 0.6 is 0 Å². The zero-order valence-electron chi connectivity index (χ0n) is 15.5. The summed E-state index contributed by atoms with van der Waals surface area (Å²) in [5, 5.41) is 0. The zero-order chi connectivity index (χ0) is 17.6. The first kappa shape index (κ1) is 17.8. The molecule has 134 valence electrons. The molecule has 0 unspecified atom stereocenters. The minimum Gasteiger partial charge on any atom is -0.345 e. The lowest BCUT2D eigenvalue weighted by molar-refractivity contribution is -0.138. The number of amides is 1. The van der Waals surface area contributed by atoms with Crippen molar-refractivity contribution in [2.75, 3.05) is 0 Å². The molecule has 3 heteroatoms. The van der Waals surface area contributed by atoms with Gasteiger partial charge in [-0.3, -0.25) is 4.79 Å². The third-order valence-electron chi connectivity index (χ3n) is 5.56. The fourth-order valence-electron chi connectivity index (χ4n) is 3.78. The molecule has 3 nitrogen and oxygen atoms in total. The monoisotopic (exact) mass is 338 g/mol. The fourth-order valence-corrected chi connectivity index (χ4v) is 3.78. The summed E-state index contributed by atoms with van der Waals surface area (Å²) in [4.78, 5) is 15.2. The number of aromatic nitrogens is 1. The van der Waals surface area contributed by atoms with Gasteiger partial charge in [0.05, 0.1) is 6.54 Å². The van der Waals surface area contributed by atoms with Gasteiger partial charge in [-0.2, -0.15) is 0 Å². The third kappa shape index (κ3) is 4.33. The Morgan fingerprint density at radius 3 is 2.56 bits per heavy atom. The molecule has 1 atom stereocenters.